The lowest BCUT2D eigenvalue weighted by molar-refractivity contribution is -0.107. The van der Waals surface area contributed by atoms with Gasteiger partial charge >= 0.3 is 7.69 Å². The molecule has 0 bridgehead atoms. The maximum Gasteiger partial charge on any atom is 0.435 e. The van der Waals surface area contributed by atoms with E-state index in [4.69, 9.17) is 15.2 Å². The molecule has 0 rings (SSSR count). The van der Waals surface area contributed by atoms with Gasteiger partial charge in [0, 0.05) is 11.9 Å². The summed E-state index contributed by atoms with van der Waals surface area (Å²) in [6.45, 7) is 6.97. The molecule has 4 nitrogen and oxygen atoms in total. The molecule has 0 fully saturated rings. The van der Waals surface area contributed by atoms with Crippen molar-refractivity contribution in [2.75, 3.05) is 11.9 Å². The van der Waals surface area contributed by atoms with E-state index in [1.54, 1.807) is 27.7 Å². The molecule has 0 radical (unpaired) electrons. The molecule has 98 valence electrons. The van der Waals surface area contributed by atoms with Crippen molar-refractivity contribution in [2.24, 2.45) is 0 Å². The van der Waals surface area contributed by atoms with Crippen LogP contribution in [0.15, 0.2) is 0 Å². The van der Waals surface area contributed by atoms with E-state index in [1.807, 2.05) is 0 Å². The highest BCUT2D eigenvalue weighted by molar-refractivity contribution is 9.09. The Labute approximate surface area is 107 Å². The van der Waals surface area contributed by atoms with Gasteiger partial charge in [0.15, 0.2) is 0 Å². The molecule has 0 unspecified atom stereocenters. The van der Waals surface area contributed by atoms with E-state index in [1.165, 1.54) is 0 Å². The van der Waals surface area contributed by atoms with E-state index >= 15 is 0 Å². The van der Waals surface area contributed by atoms with Crippen LogP contribution in [-0.2, 0) is 4.65 Å². The Hall–Kier alpha value is 0.385. The van der Waals surface area contributed by atoms with E-state index in [2.05, 4.69) is 20.6 Å². The molecule has 0 aromatic rings. The predicted molar refractivity (Wildman–Crippen MR) is 70.9 cm³/mol. The Morgan fingerprint density at radius 2 is 1.50 bits per heavy atom. The van der Waals surface area contributed by atoms with E-state index in [9.17, 15) is 0 Å². The molecule has 0 heterocycles. The predicted octanol–water partition coefficient (Wildman–Crippen LogP) is 0.965. The van der Waals surface area contributed by atoms with E-state index in [0.29, 0.717) is 6.61 Å². The van der Waals surface area contributed by atoms with Crippen molar-refractivity contribution >= 4 is 23.6 Å². The number of halogens is 1. The second-order valence-corrected chi connectivity index (χ2v) is 5.34. The van der Waals surface area contributed by atoms with Gasteiger partial charge < -0.3 is 19.9 Å². The van der Waals surface area contributed by atoms with Crippen molar-refractivity contribution in [3.05, 3.63) is 0 Å². The summed E-state index contributed by atoms with van der Waals surface area (Å²) < 4.78 is 4.67. The molecule has 0 aliphatic heterocycles. The number of hydrogen-bond acceptors (Lipinski definition) is 4. The molecule has 6 heteroatoms. The van der Waals surface area contributed by atoms with Crippen LogP contribution in [0.5, 0.6) is 0 Å². The minimum atomic E-state index is -1.01. The van der Waals surface area contributed by atoms with Crippen LogP contribution in [0, 0.1) is 0 Å². The van der Waals surface area contributed by atoms with Crippen molar-refractivity contribution in [1.29, 1.82) is 0 Å². The van der Waals surface area contributed by atoms with Gasteiger partial charge in [-0.05, 0) is 40.5 Å². The van der Waals surface area contributed by atoms with Crippen LogP contribution >= 0.6 is 15.9 Å². The summed E-state index contributed by atoms with van der Waals surface area (Å²) in [6.07, 6.45) is 2.13. The molecule has 16 heavy (non-hydrogen) atoms. The Morgan fingerprint density at radius 1 is 1.06 bits per heavy atom. The zero-order chi connectivity index (χ0) is 13.2. The third-order valence-corrected chi connectivity index (χ3v) is 2.82. The average Bonchev–Trinajstić information content (AvgIpc) is 2.10. The molecular weight excluding hydrogens is 275 g/mol. The average molecular weight is 299 g/mol. The second kappa shape index (κ2) is 9.42. The minimum Gasteiger partial charge on any atom is -0.430 e. The first-order chi connectivity index (χ1) is 7.16. The summed E-state index contributed by atoms with van der Waals surface area (Å²) >= 11 is 3.28. The van der Waals surface area contributed by atoms with Gasteiger partial charge in [0.1, 0.15) is 0 Å². The van der Waals surface area contributed by atoms with Crippen molar-refractivity contribution in [3.63, 3.8) is 0 Å². The van der Waals surface area contributed by atoms with Crippen LogP contribution in [0.3, 0.4) is 0 Å². The summed E-state index contributed by atoms with van der Waals surface area (Å²) in [7, 11) is -0.151. The third kappa shape index (κ3) is 12.5. The first kappa shape index (κ1) is 18.7. The Bertz CT molecular complexity index is 136. The van der Waals surface area contributed by atoms with E-state index < -0.39 is 11.2 Å². The largest absolute Gasteiger partial charge is 0.435 e. The molecule has 0 aromatic heterocycles. The Kier molecular flexibility index (Phi) is 11.0. The summed E-state index contributed by atoms with van der Waals surface area (Å²) in [6, 6.07) is 0. The van der Waals surface area contributed by atoms with Crippen LogP contribution in [0.4, 0.5) is 0 Å². The highest BCUT2D eigenvalue weighted by Crippen LogP contribution is 2.19. The normalized spacial score (nSPS) is 11.8. The third-order valence-electron chi connectivity index (χ3n) is 2.26. The first-order valence-corrected chi connectivity index (χ1v) is 6.48. The molecular formula is C10H24BBrO4. The lowest BCUT2D eigenvalue weighted by atomic mass is 9.90. The summed E-state index contributed by atoms with van der Waals surface area (Å²) in [5, 5.41) is 27.4. The van der Waals surface area contributed by atoms with Crippen molar-refractivity contribution < 1.29 is 19.9 Å². The van der Waals surface area contributed by atoms with Gasteiger partial charge in [-0.3, -0.25) is 0 Å². The fraction of sp³-hybridized carbons (Fsp3) is 1.00. The molecule has 0 aromatic carbocycles. The second-order valence-electron chi connectivity index (χ2n) is 4.55. The number of alkyl halides is 1. The minimum absolute atomic E-state index is 0.151. The molecule has 0 aliphatic rings. The fourth-order valence-electron chi connectivity index (χ4n) is 0.363. The van der Waals surface area contributed by atoms with Crippen LogP contribution in [0.2, 0.25) is 0 Å². The lowest BCUT2D eigenvalue weighted by Gasteiger charge is -2.31. The maximum atomic E-state index is 9.10. The number of rotatable bonds is 6. The lowest BCUT2D eigenvalue weighted by Crippen LogP contribution is -2.44. The van der Waals surface area contributed by atoms with Crippen LogP contribution < -0.4 is 0 Å². The standard InChI is InChI=1S/C6H14O2.C4H10BBrO2/c1-5(2,7)6(3,4)8;6-3-1-2-4-8-5-7/h7-8H,1-4H3;5,7H,1-4H2. The van der Waals surface area contributed by atoms with Crippen LogP contribution in [0.25, 0.3) is 0 Å². The van der Waals surface area contributed by atoms with Gasteiger partial charge in [0.25, 0.3) is 0 Å². The number of aliphatic hydroxyl groups is 2. The molecule has 0 aliphatic carbocycles. The highest BCUT2D eigenvalue weighted by atomic mass is 79.9. The van der Waals surface area contributed by atoms with Crippen molar-refractivity contribution in [1.82, 2.24) is 0 Å². The van der Waals surface area contributed by atoms with Gasteiger partial charge in [-0.25, -0.2) is 0 Å². The van der Waals surface area contributed by atoms with Crippen molar-refractivity contribution in [2.45, 2.75) is 51.7 Å². The van der Waals surface area contributed by atoms with Gasteiger partial charge in [-0.2, -0.15) is 0 Å². The molecule has 0 spiro atoms. The van der Waals surface area contributed by atoms with Gasteiger partial charge in [0.2, 0.25) is 0 Å². The van der Waals surface area contributed by atoms with E-state index in [0.717, 1.165) is 18.2 Å². The summed E-state index contributed by atoms with van der Waals surface area (Å²) in [5.41, 5.74) is -2.01. The number of hydrogen-bond donors (Lipinski definition) is 3. The Morgan fingerprint density at radius 3 is 1.75 bits per heavy atom. The van der Waals surface area contributed by atoms with Gasteiger partial charge in [-0.1, -0.05) is 15.9 Å². The smallest absolute Gasteiger partial charge is 0.430 e. The topological polar surface area (TPSA) is 69.9 Å². The van der Waals surface area contributed by atoms with Gasteiger partial charge in [-0.15, -0.1) is 0 Å². The van der Waals surface area contributed by atoms with E-state index in [-0.39, 0.29) is 7.69 Å². The monoisotopic (exact) mass is 298 g/mol. The number of unbranched alkanes of at least 4 members (excludes halogenated alkanes) is 1. The van der Waals surface area contributed by atoms with Crippen molar-refractivity contribution in [3.8, 4) is 0 Å². The molecule has 0 amide bonds. The molecule has 0 atom stereocenters. The van der Waals surface area contributed by atoms with Gasteiger partial charge in [0.05, 0.1) is 11.2 Å². The zero-order valence-electron chi connectivity index (χ0n) is 10.7. The summed E-state index contributed by atoms with van der Waals surface area (Å²) in [5.74, 6) is 0. The quantitative estimate of drug-likeness (QED) is 0.388. The van der Waals surface area contributed by atoms with Crippen LogP contribution in [0.1, 0.15) is 40.5 Å². The molecule has 0 saturated carbocycles. The SMILES string of the molecule is CC(C)(O)C(C)(C)O.OBOCCCCBr. The first-order valence-electron chi connectivity index (χ1n) is 5.36. The molecule has 0 saturated heterocycles. The Balaban J connectivity index is 0. The fourth-order valence-corrected chi connectivity index (χ4v) is 0.760. The van der Waals surface area contributed by atoms with Crippen LogP contribution in [-0.4, -0.2) is 46.1 Å². The maximum absolute atomic E-state index is 9.10. The molecule has 3 N–H and O–H groups in total. The highest BCUT2D eigenvalue weighted by Gasteiger charge is 2.31. The zero-order valence-corrected chi connectivity index (χ0v) is 12.2. The summed E-state index contributed by atoms with van der Waals surface area (Å²) in [4.78, 5) is 0.